The lowest BCUT2D eigenvalue weighted by Crippen LogP contribution is -2.11. The maximum Gasteiger partial charge on any atom is 0.425 e. The van der Waals surface area contributed by atoms with Gasteiger partial charge < -0.3 is 10.4 Å². The van der Waals surface area contributed by atoms with Crippen LogP contribution in [0.25, 0.3) is 0 Å². The summed E-state index contributed by atoms with van der Waals surface area (Å²) in [6.45, 7) is 0. The number of hydrogen-bond donors (Lipinski definition) is 2. The van der Waals surface area contributed by atoms with Crippen LogP contribution in [-0.2, 0) is 6.18 Å². The largest absolute Gasteiger partial charge is 0.477 e. The fourth-order valence-corrected chi connectivity index (χ4v) is 3.61. The van der Waals surface area contributed by atoms with Crippen LogP contribution in [0.1, 0.15) is 42.9 Å². The van der Waals surface area contributed by atoms with Gasteiger partial charge in [-0.2, -0.15) is 13.2 Å². The minimum Gasteiger partial charge on any atom is -0.477 e. The molecule has 0 radical (unpaired) electrons. The van der Waals surface area contributed by atoms with E-state index in [0.29, 0.717) is 17.8 Å². The van der Waals surface area contributed by atoms with Gasteiger partial charge in [-0.05, 0) is 30.2 Å². The van der Waals surface area contributed by atoms with Crippen LogP contribution in [0.3, 0.4) is 0 Å². The normalized spacial score (nSPS) is 16.3. The summed E-state index contributed by atoms with van der Waals surface area (Å²) in [7, 11) is 0. The number of aromatic nitrogens is 1. The molecule has 2 heterocycles. The second-order valence-corrected chi connectivity index (χ2v) is 6.79. The van der Waals surface area contributed by atoms with Crippen LogP contribution < -0.4 is 5.32 Å². The molecule has 1 unspecified atom stereocenters. The number of nitrogens with one attached hydrogen (secondary N) is 1. The Morgan fingerprint density at radius 3 is 2.59 bits per heavy atom. The second kappa shape index (κ2) is 7.36. The van der Waals surface area contributed by atoms with Gasteiger partial charge in [-0.15, -0.1) is 11.3 Å². The number of aromatic carboxylic acids is 1. The molecule has 0 saturated heterocycles. The van der Waals surface area contributed by atoms with Crippen molar-refractivity contribution in [1.82, 2.24) is 4.98 Å². The Labute approximate surface area is 155 Å². The van der Waals surface area contributed by atoms with Gasteiger partial charge in [-0.1, -0.05) is 24.3 Å². The summed E-state index contributed by atoms with van der Waals surface area (Å²) >= 11 is 0.386. The van der Waals surface area contributed by atoms with Gasteiger partial charge in [0.05, 0.1) is 16.8 Å². The summed E-state index contributed by atoms with van der Waals surface area (Å²) in [6, 6.07) is 3.77. The number of nitrogens with zero attached hydrogens (tertiary/aromatic N) is 1. The zero-order chi connectivity index (χ0) is 19.6. The first-order chi connectivity index (χ1) is 12.8. The Morgan fingerprint density at radius 1 is 1.26 bits per heavy atom. The number of carbonyl (C=O) groups is 2. The highest BCUT2D eigenvalue weighted by Crippen LogP contribution is 2.43. The Hall–Kier alpha value is -2.94. The number of carboxylic acids is 1. The van der Waals surface area contributed by atoms with E-state index in [9.17, 15) is 22.8 Å². The molecule has 9 heteroatoms. The number of alkyl halides is 3. The minimum absolute atomic E-state index is 0.0672. The van der Waals surface area contributed by atoms with E-state index in [2.05, 4.69) is 10.3 Å². The zero-order valence-electron chi connectivity index (χ0n) is 13.7. The van der Waals surface area contributed by atoms with E-state index in [1.165, 1.54) is 18.2 Å². The number of allylic oxidation sites excluding steroid dienone is 4. The summed E-state index contributed by atoms with van der Waals surface area (Å²) in [5, 5.41) is 11.2. The van der Waals surface area contributed by atoms with E-state index >= 15 is 0 Å². The fraction of sp³-hybridized carbons (Fsp3) is 0.167. The van der Waals surface area contributed by atoms with Crippen molar-refractivity contribution < 1.29 is 27.9 Å². The molecule has 0 saturated carbocycles. The molecule has 5 nitrogen and oxygen atoms in total. The molecule has 0 aromatic carbocycles. The number of halogens is 3. The Balaban J connectivity index is 1.86. The lowest BCUT2D eigenvalue weighted by molar-refractivity contribution is -0.135. The van der Waals surface area contributed by atoms with Gasteiger partial charge in [0.1, 0.15) is 10.6 Å². The predicted octanol–water partition coefficient (Wildman–Crippen LogP) is 4.71. The summed E-state index contributed by atoms with van der Waals surface area (Å²) in [6.07, 6.45) is 3.90. The molecule has 1 aliphatic carbocycles. The van der Waals surface area contributed by atoms with Crippen LogP contribution in [0.5, 0.6) is 0 Å². The molecule has 2 N–H and O–H groups in total. The van der Waals surface area contributed by atoms with Crippen molar-refractivity contribution in [3.05, 3.63) is 69.7 Å². The van der Waals surface area contributed by atoms with E-state index < -0.39 is 28.8 Å². The topological polar surface area (TPSA) is 79.3 Å². The highest BCUT2D eigenvalue weighted by Gasteiger charge is 2.38. The van der Waals surface area contributed by atoms with Crippen LogP contribution in [0, 0.1) is 0 Å². The van der Waals surface area contributed by atoms with Gasteiger partial charge in [0.2, 0.25) is 0 Å². The number of pyridine rings is 1. The van der Waals surface area contributed by atoms with Crippen LogP contribution in [-0.4, -0.2) is 22.0 Å². The first kappa shape index (κ1) is 18.8. The molecule has 1 atom stereocenters. The summed E-state index contributed by atoms with van der Waals surface area (Å²) < 4.78 is 40.2. The van der Waals surface area contributed by atoms with E-state index in [1.807, 2.05) is 0 Å². The van der Waals surface area contributed by atoms with Crippen molar-refractivity contribution in [1.29, 1.82) is 0 Å². The maximum atomic E-state index is 13.4. The SMILES string of the molecule is O=C(O)c1ccc(NC(=O)c2cc(C3C=CC=CC3)c(C(F)(F)F)s2)cn1. The smallest absolute Gasteiger partial charge is 0.425 e. The molecule has 2 aromatic rings. The first-order valence-corrected chi connectivity index (χ1v) is 8.62. The summed E-state index contributed by atoms with van der Waals surface area (Å²) in [5.74, 6) is -2.38. The first-order valence-electron chi connectivity index (χ1n) is 7.80. The van der Waals surface area contributed by atoms with E-state index in [0.717, 1.165) is 6.20 Å². The highest BCUT2D eigenvalue weighted by molar-refractivity contribution is 7.14. The molecule has 0 spiro atoms. The van der Waals surface area contributed by atoms with Crippen molar-refractivity contribution in [2.75, 3.05) is 5.32 Å². The lowest BCUT2D eigenvalue weighted by Gasteiger charge is -2.15. The third-order valence-corrected chi connectivity index (χ3v) is 5.06. The van der Waals surface area contributed by atoms with Crippen molar-refractivity contribution in [2.45, 2.75) is 18.5 Å². The number of carbonyl (C=O) groups excluding carboxylic acids is 1. The molecule has 0 fully saturated rings. The van der Waals surface area contributed by atoms with E-state index in [4.69, 9.17) is 5.11 Å². The highest BCUT2D eigenvalue weighted by atomic mass is 32.1. The monoisotopic (exact) mass is 394 g/mol. The lowest BCUT2D eigenvalue weighted by atomic mass is 9.92. The summed E-state index contributed by atoms with van der Waals surface area (Å²) in [5.41, 5.74) is 0.0505. The Kier molecular flexibility index (Phi) is 5.13. The van der Waals surface area contributed by atoms with Gasteiger partial charge >= 0.3 is 12.1 Å². The number of amides is 1. The van der Waals surface area contributed by atoms with Gasteiger partial charge in [-0.3, -0.25) is 4.79 Å². The maximum absolute atomic E-state index is 13.4. The average Bonchev–Trinajstić information content (AvgIpc) is 3.09. The summed E-state index contributed by atoms with van der Waals surface area (Å²) in [4.78, 5) is 25.9. The Morgan fingerprint density at radius 2 is 2.04 bits per heavy atom. The number of anilines is 1. The number of carboxylic acid groups (broad SMARTS) is 1. The number of rotatable bonds is 4. The molecule has 1 aliphatic rings. The van der Waals surface area contributed by atoms with Gasteiger partial charge in [0, 0.05) is 5.92 Å². The second-order valence-electron chi connectivity index (χ2n) is 5.74. The van der Waals surface area contributed by atoms with Crippen LogP contribution in [0.4, 0.5) is 18.9 Å². The molecule has 0 aliphatic heterocycles. The zero-order valence-corrected chi connectivity index (χ0v) is 14.5. The number of thiophene rings is 1. The van der Waals surface area contributed by atoms with Crippen LogP contribution in [0.2, 0.25) is 0 Å². The van der Waals surface area contributed by atoms with Crippen LogP contribution in [0.15, 0.2) is 48.7 Å². The van der Waals surface area contributed by atoms with Crippen molar-refractivity contribution in [3.63, 3.8) is 0 Å². The third-order valence-electron chi connectivity index (χ3n) is 3.86. The fourth-order valence-electron chi connectivity index (χ4n) is 2.61. The van der Waals surface area contributed by atoms with E-state index in [1.54, 1.807) is 24.3 Å². The molecule has 3 rings (SSSR count). The van der Waals surface area contributed by atoms with Crippen molar-refractivity contribution >= 4 is 28.9 Å². The quantitative estimate of drug-likeness (QED) is 0.787. The molecule has 1 amide bonds. The molecule has 2 aromatic heterocycles. The van der Waals surface area contributed by atoms with Gasteiger partial charge in [0.25, 0.3) is 5.91 Å². The van der Waals surface area contributed by atoms with Gasteiger partial charge in [-0.25, -0.2) is 9.78 Å². The van der Waals surface area contributed by atoms with Crippen molar-refractivity contribution in [2.24, 2.45) is 0 Å². The number of hydrogen-bond acceptors (Lipinski definition) is 4. The molecular formula is C18H13F3N2O3S. The molecule has 140 valence electrons. The van der Waals surface area contributed by atoms with Crippen molar-refractivity contribution in [3.8, 4) is 0 Å². The van der Waals surface area contributed by atoms with E-state index in [-0.39, 0.29) is 21.8 Å². The minimum atomic E-state index is -4.56. The Bertz CT molecular complexity index is 930. The third kappa shape index (κ3) is 4.25. The molecular weight excluding hydrogens is 381 g/mol. The van der Waals surface area contributed by atoms with Gasteiger partial charge in [0.15, 0.2) is 0 Å². The predicted molar refractivity (Wildman–Crippen MR) is 94.1 cm³/mol. The average molecular weight is 394 g/mol. The molecule has 27 heavy (non-hydrogen) atoms. The van der Waals surface area contributed by atoms with Crippen LogP contribution >= 0.6 is 11.3 Å². The standard InChI is InChI=1S/C18H13F3N2O3S/c19-18(20,21)15-12(10-4-2-1-3-5-10)8-14(27-15)16(24)23-11-6-7-13(17(25)26)22-9-11/h1-4,6-10H,5H2,(H,23,24)(H,25,26). The molecule has 0 bridgehead atoms.